The Kier molecular flexibility index (Phi) is 5.66. The Bertz CT molecular complexity index is 642. The van der Waals surface area contributed by atoms with E-state index in [2.05, 4.69) is 5.32 Å². The van der Waals surface area contributed by atoms with Crippen molar-refractivity contribution in [2.45, 2.75) is 32.7 Å². The molecule has 1 heterocycles. The third-order valence-electron chi connectivity index (χ3n) is 3.78. The molecule has 0 spiro atoms. The number of amides is 2. The van der Waals surface area contributed by atoms with E-state index in [4.69, 9.17) is 16.3 Å². The highest BCUT2D eigenvalue weighted by molar-refractivity contribution is 6.31. The number of nitrogens with zero attached hydrogens (tertiary/aromatic N) is 1. The molecule has 0 aliphatic carbocycles. The van der Waals surface area contributed by atoms with Gasteiger partial charge in [-0.25, -0.2) is 9.59 Å². The number of urea groups is 1. The number of halogens is 1. The molecule has 6 heteroatoms. The Morgan fingerprint density at radius 3 is 2.65 bits per heavy atom. The Balaban J connectivity index is 2.60. The van der Waals surface area contributed by atoms with E-state index >= 15 is 0 Å². The lowest BCUT2D eigenvalue weighted by Gasteiger charge is -2.35. The van der Waals surface area contributed by atoms with E-state index in [-0.39, 0.29) is 12.6 Å². The summed E-state index contributed by atoms with van der Waals surface area (Å²) >= 11 is 6.27. The van der Waals surface area contributed by atoms with Crippen LogP contribution in [0.1, 0.15) is 38.3 Å². The maximum atomic E-state index is 12.5. The third kappa shape index (κ3) is 3.50. The topological polar surface area (TPSA) is 58.6 Å². The van der Waals surface area contributed by atoms with Crippen LogP contribution in [0, 0.1) is 0 Å². The summed E-state index contributed by atoms with van der Waals surface area (Å²) < 4.78 is 5.22. The third-order valence-corrected chi connectivity index (χ3v) is 4.12. The summed E-state index contributed by atoms with van der Waals surface area (Å²) in [6.45, 7) is 4.03. The summed E-state index contributed by atoms with van der Waals surface area (Å²) in [6.07, 6.45) is 1.42. The second kappa shape index (κ2) is 7.51. The molecular formula is C17H21ClN2O3. The highest BCUT2D eigenvalue weighted by atomic mass is 35.5. The molecule has 1 atom stereocenters. The van der Waals surface area contributed by atoms with E-state index in [1.807, 2.05) is 19.1 Å². The van der Waals surface area contributed by atoms with Crippen molar-refractivity contribution >= 4 is 23.6 Å². The van der Waals surface area contributed by atoms with Gasteiger partial charge in [0.1, 0.15) is 0 Å². The number of carbonyl (C=O) groups excluding carboxylic acids is 2. The van der Waals surface area contributed by atoms with Gasteiger partial charge in [-0.15, -0.1) is 0 Å². The zero-order valence-corrected chi connectivity index (χ0v) is 14.3. The lowest BCUT2D eigenvalue weighted by molar-refractivity contribution is -0.139. The minimum Gasteiger partial charge on any atom is -0.463 e. The van der Waals surface area contributed by atoms with Crippen molar-refractivity contribution in [3.05, 3.63) is 46.1 Å². The number of rotatable bonds is 5. The van der Waals surface area contributed by atoms with Crippen LogP contribution in [0.3, 0.4) is 0 Å². The predicted molar refractivity (Wildman–Crippen MR) is 89.1 cm³/mol. The zero-order valence-electron chi connectivity index (χ0n) is 13.6. The predicted octanol–water partition coefficient (Wildman–Crippen LogP) is 3.65. The van der Waals surface area contributed by atoms with Crippen LogP contribution in [0.25, 0.3) is 0 Å². The van der Waals surface area contributed by atoms with Crippen LogP contribution in [-0.2, 0) is 9.53 Å². The molecule has 2 rings (SSSR count). The number of carbonyl (C=O) groups is 2. The van der Waals surface area contributed by atoms with Gasteiger partial charge in [0.05, 0.1) is 18.2 Å². The van der Waals surface area contributed by atoms with Crippen molar-refractivity contribution in [3.8, 4) is 0 Å². The maximum absolute atomic E-state index is 12.5. The van der Waals surface area contributed by atoms with E-state index in [0.29, 0.717) is 28.3 Å². The first-order chi connectivity index (χ1) is 11.0. The molecule has 1 aromatic rings. The Hall–Kier alpha value is -2.01. The molecule has 23 heavy (non-hydrogen) atoms. The first-order valence-corrected chi connectivity index (χ1v) is 8.07. The molecule has 0 saturated carbocycles. The first-order valence-electron chi connectivity index (χ1n) is 7.70. The molecule has 1 N–H and O–H groups in total. The van der Waals surface area contributed by atoms with E-state index in [1.54, 1.807) is 26.1 Å². The second-order valence-electron chi connectivity index (χ2n) is 5.29. The SMILES string of the molecule is CCCC1=C(C(=O)OCC)C(c2ccccc2Cl)NC(=O)N1C. The normalized spacial score (nSPS) is 18.0. The average molecular weight is 337 g/mol. The standard InChI is InChI=1S/C17H21ClN2O3/c1-4-8-13-14(16(21)23-5-2)15(19-17(22)20(13)3)11-9-6-7-10-12(11)18/h6-7,9-10,15H,4-5,8H2,1-3H3,(H,19,22). The number of benzene rings is 1. The van der Waals surface area contributed by atoms with E-state index in [0.717, 1.165) is 6.42 Å². The fraction of sp³-hybridized carbons (Fsp3) is 0.412. The molecule has 2 amide bonds. The molecule has 0 fully saturated rings. The minimum absolute atomic E-state index is 0.258. The van der Waals surface area contributed by atoms with Crippen LogP contribution in [0.5, 0.6) is 0 Å². The number of allylic oxidation sites excluding steroid dienone is 1. The summed E-state index contributed by atoms with van der Waals surface area (Å²) in [5, 5.41) is 3.34. The average Bonchev–Trinajstić information content (AvgIpc) is 2.52. The zero-order chi connectivity index (χ0) is 17.0. The van der Waals surface area contributed by atoms with Crippen LogP contribution in [0.2, 0.25) is 5.02 Å². The van der Waals surface area contributed by atoms with Crippen LogP contribution < -0.4 is 5.32 Å². The molecule has 1 unspecified atom stereocenters. The number of esters is 1. The fourth-order valence-corrected chi connectivity index (χ4v) is 2.93. The largest absolute Gasteiger partial charge is 0.463 e. The van der Waals surface area contributed by atoms with Gasteiger partial charge >= 0.3 is 12.0 Å². The Morgan fingerprint density at radius 1 is 1.35 bits per heavy atom. The van der Waals surface area contributed by atoms with Crippen molar-refractivity contribution in [1.82, 2.24) is 10.2 Å². The van der Waals surface area contributed by atoms with Gasteiger partial charge in [0.25, 0.3) is 0 Å². The molecule has 124 valence electrons. The Morgan fingerprint density at radius 2 is 2.04 bits per heavy atom. The van der Waals surface area contributed by atoms with Gasteiger partial charge in [0, 0.05) is 17.8 Å². The molecule has 1 aromatic carbocycles. The van der Waals surface area contributed by atoms with Gasteiger partial charge in [-0.05, 0) is 25.0 Å². The summed E-state index contributed by atoms with van der Waals surface area (Å²) in [5.74, 6) is -0.423. The maximum Gasteiger partial charge on any atom is 0.338 e. The molecule has 0 aromatic heterocycles. The summed E-state index contributed by atoms with van der Waals surface area (Å²) in [7, 11) is 1.66. The van der Waals surface area contributed by atoms with E-state index in [1.165, 1.54) is 4.90 Å². The number of hydrogen-bond acceptors (Lipinski definition) is 3. The van der Waals surface area contributed by atoms with Crippen LogP contribution in [0.15, 0.2) is 35.5 Å². The molecule has 0 bridgehead atoms. The lowest BCUT2D eigenvalue weighted by Crippen LogP contribution is -2.47. The number of ether oxygens (including phenoxy) is 1. The Labute approximate surface area is 141 Å². The molecule has 5 nitrogen and oxygen atoms in total. The summed E-state index contributed by atoms with van der Waals surface area (Å²) in [6, 6.07) is 6.32. The highest BCUT2D eigenvalue weighted by Crippen LogP contribution is 2.35. The molecule has 1 aliphatic heterocycles. The van der Waals surface area contributed by atoms with E-state index in [9.17, 15) is 9.59 Å². The van der Waals surface area contributed by atoms with Crippen molar-refractivity contribution < 1.29 is 14.3 Å². The molecule has 1 aliphatic rings. The summed E-state index contributed by atoms with van der Waals surface area (Å²) in [4.78, 5) is 26.3. The van der Waals surface area contributed by atoms with Crippen molar-refractivity contribution in [2.75, 3.05) is 13.7 Å². The lowest BCUT2D eigenvalue weighted by atomic mass is 9.93. The van der Waals surface area contributed by atoms with Crippen molar-refractivity contribution in [2.24, 2.45) is 0 Å². The smallest absolute Gasteiger partial charge is 0.338 e. The fourth-order valence-electron chi connectivity index (χ4n) is 2.69. The quantitative estimate of drug-likeness (QED) is 0.835. The highest BCUT2D eigenvalue weighted by Gasteiger charge is 2.36. The van der Waals surface area contributed by atoms with Crippen molar-refractivity contribution in [1.29, 1.82) is 0 Å². The summed E-state index contributed by atoms with van der Waals surface area (Å²) in [5.41, 5.74) is 1.82. The van der Waals surface area contributed by atoms with Crippen LogP contribution >= 0.6 is 11.6 Å². The first kappa shape index (κ1) is 17.3. The molecular weight excluding hydrogens is 316 g/mol. The number of nitrogens with one attached hydrogen (secondary N) is 1. The van der Waals surface area contributed by atoms with Gasteiger partial charge in [0.15, 0.2) is 0 Å². The second-order valence-corrected chi connectivity index (χ2v) is 5.70. The van der Waals surface area contributed by atoms with Gasteiger partial charge in [-0.2, -0.15) is 0 Å². The van der Waals surface area contributed by atoms with Gasteiger partial charge < -0.3 is 15.0 Å². The van der Waals surface area contributed by atoms with Crippen LogP contribution in [0.4, 0.5) is 4.79 Å². The van der Waals surface area contributed by atoms with Gasteiger partial charge in [-0.3, -0.25) is 0 Å². The van der Waals surface area contributed by atoms with Crippen LogP contribution in [-0.4, -0.2) is 30.6 Å². The molecule has 0 saturated heterocycles. The number of hydrogen-bond donors (Lipinski definition) is 1. The molecule has 0 radical (unpaired) electrons. The minimum atomic E-state index is -0.604. The van der Waals surface area contributed by atoms with E-state index < -0.39 is 12.0 Å². The van der Waals surface area contributed by atoms with Gasteiger partial charge in [0.2, 0.25) is 0 Å². The van der Waals surface area contributed by atoms with Gasteiger partial charge in [-0.1, -0.05) is 43.1 Å². The van der Waals surface area contributed by atoms with Crippen molar-refractivity contribution in [3.63, 3.8) is 0 Å². The monoisotopic (exact) mass is 336 g/mol.